The molecule has 2 aromatic rings. The van der Waals surface area contributed by atoms with Crippen molar-refractivity contribution in [2.75, 3.05) is 0 Å². The van der Waals surface area contributed by atoms with E-state index in [2.05, 4.69) is 88.4 Å². The molecule has 0 heterocycles. The molecular formula is C24H30. The molecule has 0 radical (unpaired) electrons. The molecule has 2 aromatic carbocycles. The van der Waals surface area contributed by atoms with E-state index in [-0.39, 0.29) is 0 Å². The Morgan fingerprint density at radius 2 is 1.29 bits per heavy atom. The van der Waals surface area contributed by atoms with Gasteiger partial charge in [-0.25, -0.2) is 0 Å². The molecule has 0 N–H and O–H groups in total. The summed E-state index contributed by atoms with van der Waals surface area (Å²) in [7, 11) is 0. The number of benzene rings is 2. The van der Waals surface area contributed by atoms with Gasteiger partial charge in [-0.1, -0.05) is 85.7 Å². The number of aryl methyl sites for hydroxylation is 2. The van der Waals surface area contributed by atoms with Crippen molar-refractivity contribution in [3.63, 3.8) is 0 Å². The quantitative estimate of drug-likeness (QED) is 0.544. The molecular weight excluding hydrogens is 288 g/mol. The van der Waals surface area contributed by atoms with Crippen LogP contribution < -0.4 is 0 Å². The molecule has 0 amide bonds. The first-order chi connectivity index (χ1) is 11.5. The zero-order valence-electron chi connectivity index (χ0n) is 15.5. The molecule has 1 aliphatic rings. The van der Waals surface area contributed by atoms with Gasteiger partial charge in [-0.15, -0.1) is 0 Å². The first-order valence-corrected chi connectivity index (χ1v) is 9.36. The molecule has 126 valence electrons. The molecule has 0 aliphatic heterocycles. The summed E-state index contributed by atoms with van der Waals surface area (Å²) in [5.74, 6) is 2.45. The maximum Gasteiger partial charge on any atom is -0.00328 e. The summed E-state index contributed by atoms with van der Waals surface area (Å²) in [6, 6.07) is 18.3. The highest BCUT2D eigenvalue weighted by atomic mass is 14.3. The molecule has 4 atom stereocenters. The number of hydrogen-bond acceptors (Lipinski definition) is 0. The Balaban J connectivity index is 1.96. The predicted octanol–water partition coefficient (Wildman–Crippen LogP) is 6.79. The molecule has 0 spiro atoms. The summed E-state index contributed by atoms with van der Waals surface area (Å²) < 4.78 is 0. The Kier molecular flexibility index (Phi) is 5.23. The summed E-state index contributed by atoms with van der Waals surface area (Å²) >= 11 is 0. The molecule has 3 rings (SSSR count). The summed E-state index contributed by atoms with van der Waals surface area (Å²) in [6.07, 6.45) is 7.52. The monoisotopic (exact) mass is 318 g/mol. The van der Waals surface area contributed by atoms with Crippen LogP contribution in [0, 0.1) is 25.7 Å². The van der Waals surface area contributed by atoms with Crippen LogP contribution in [0.2, 0.25) is 0 Å². The van der Waals surface area contributed by atoms with Crippen molar-refractivity contribution in [2.45, 2.75) is 52.4 Å². The lowest BCUT2D eigenvalue weighted by Crippen LogP contribution is -2.20. The standard InChI is InChI=1S/C24H30/c1-17-5-11-21(12-6-17)20(4)24(22-13-7-18(2)8-14-22)23-15-9-19(3)10-16-23/h5-9,11-15,19-20,23-24H,10,16H2,1-4H3. The fourth-order valence-electron chi connectivity index (χ4n) is 4.05. The third kappa shape index (κ3) is 3.80. The Bertz CT molecular complexity index is 675. The van der Waals surface area contributed by atoms with Crippen molar-refractivity contribution < 1.29 is 0 Å². The van der Waals surface area contributed by atoms with Gasteiger partial charge < -0.3 is 0 Å². The van der Waals surface area contributed by atoms with E-state index in [4.69, 9.17) is 0 Å². The van der Waals surface area contributed by atoms with Gasteiger partial charge in [0.15, 0.2) is 0 Å². The molecule has 0 fully saturated rings. The SMILES string of the molecule is Cc1ccc(C(C)C(c2ccc(C)cc2)C2C=CC(C)CC2)cc1. The minimum absolute atomic E-state index is 0.524. The van der Waals surface area contributed by atoms with Crippen molar-refractivity contribution in [1.82, 2.24) is 0 Å². The maximum atomic E-state index is 2.49. The fraction of sp³-hybridized carbons (Fsp3) is 0.417. The van der Waals surface area contributed by atoms with E-state index in [1.54, 1.807) is 0 Å². The second-order valence-electron chi connectivity index (χ2n) is 7.74. The van der Waals surface area contributed by atoms with Crippen LogP contribution in [0.3, 0.4) is 0 Å². The van der Waals surface area contributed by atoms with Gasteiger partial charge in [0.05, 0.1) is 0 Å². The lowest BCUT2D eigenvalue weighted by molar-refractivity contribution is 0.377. The van der Waals surface area contributed by atoms with Gasteiger partial charge >= 0.3 is 0 Å². The van der Waals surface area contributed by atoms with Gasteiger partial charge in [-0.05, 0) is 61.5 Å². The molecule has 1 aliphatic carbocycles. The lowest BCUT2D eigenvalue weighted by atomic mass is 9.70. The zero-order valence-corrected chi connectivity index (χ0v) is 15.5. The van der Waals surface area contributed by atoms with Gasteiger partial charge in [0.25, 0.3) is 0 Å². The van der Waals surface area contributed by atoms with Crippen LogP contribution in [0.5, 0.6) is 0 Å². The molecule has 0 bridgehead atoms. The first-order valence-electron chi connectivity index (χ1n) is 9.36. The highest BCUT2D eigenvalue weighted by Crippen LogP contribution is 2.43. The molecule has 0 saturated carbocycles. The van der Waals surface area contributed by atoms with E-state index in [9.17, 15) is 0 Å². The lowest BCUT2D eigenvalue weighted by Gasteiger charge is -2.34. The smallest absolute Gasteiger partial charge is 0.00328 e. The fourth-order valence-corrected chi connectivity index (χ4v) is 4.05. The molecule has 0 saturated heterocycles. The third-order valence-electron chi connectivity index (χ3n) is 5.71. The second kappa shape index (κ2) is 7.38. The van der Waals surface area contributed by atoms with Gasteiger partial charge in [0.2, 0.25) is 0 Å². The first kappa shape index (κ1) is 17.0. The van der Waals surface area contributed by atoms with Gasteiger partial charge in [0.1, 0.15) is 0 Å². The maximum absolute atomic E-state index is 2.49. The molecule has 0 heteroatoms. The average molecular weight is 319 g/mol. The van der Waals surface area contributed by atoms with Crippen molar-refractivity contribution >= 4 is 0 Å². The zero-order chi connectivity index (χ0) is 17.1. The number of hydrogen-bond donors (Lipinski definition) is 0. The summed E-state index contributed by atoms with van der Waals surface area (Å²) in [4.78, 5) is 0. The van der Waals surface area contributed by atoms with Crippen LogP contribution in [-0.4, -0.2) is 0 Å². The van der Waals surface area contributed by atoms with E-state index in [1.807, 2.05) is 0 Å². The van der Waals surface area contributed by atoms with E-state index in [0.29, 0.717) is 17.8 Å². The van der Waals surface area contributed by atoms with Gasteiger partial charge in [-0.3, -0.25) is 0 Å². The molecule has 0 nitrogen and oxygen atoms in total. The van der Waals surface area contributed by atoms with Crippen molar-refractivity contribution in [3.05, 3.63) is 82.9 Å². The van der Waals surface area contributed by atoms with E-state index < -0.39 is 0 Å². The summed E-state index contributed by atoms with van der Waals surface area (Å²) in [6.45, 7) is 9.07. The highest BCUT2D eigenvalue weighted by Gasteiger charge is 2.29. The van der Waals surface area contributed by atoms with Crippen LogP contribution in [0.15, 0.2) is 60.7 Å². The average Bonchev–Trinajstić information content (AvgIpc) is 2.59. The summed E-state index contributed by atoms with van der Waals surface area (Å²) in [5.41, 5.74) is 5.62. The second-order valence-corrected chi connectivity index (χ2v) is 7.74. The van der Waals surface area contributed by atoms with Crippen molar-refractivity contribution in [3.8, 4) is 0 Å². The highest BCUT2D eigenvalue weighted by molar-refractivity contribution is 5.33. The van der Waals surface area contributed by atoms with Crippen LogP contribution in [0.4, 0.5) is 0 Å². The Morgan fingerprint density at radius 1 is 0.750 bits per heavy atom. The Labute approximate surface area is 147 Å². The Hall–Kier alpha value is -1.82. The van der Waals surface area contributed by atoms with Crippen molar-refractivity contribution in [1.29, 1.82) is 0 Å². The van der Waals surface area contributed by atoms with Crippen LogP contribution in [0.25, 0.3) is 0 Å². The summed E-state index contributed by atoms with van der Waals surface area (Å²) in [5, 5.41) is 0. The largest absolute Gasteiger partial charge is 0.0854 e. The van der Waals surface area contributed by atoms with Crippen LogP contribution in [0.1, 0.15) is 60.8 Å². The van der Waals surface area contributed by atoms with Crippen LogP contribution in [-0.2, 0) is 0 Å². The van der Waals surface area contributed by atoms with E-state index in [1.165, 1.54) is 35.1 Å². The van der Waals surface area contributed by atoms with E-state index >= 15 is 0 Å². The minimum atomic E-state index is 0.524. The number of allylic oxidation sites excluding steroid dienone is 2. The topological polar surface area (TPSA) is 0 Å². The van der Waals surface area contributed by atoms with E-state index in [0.717, 1.165) is 5.92 Å². The molecule has 24 heavy (non-hydrogen) atoms. The normalized spacial score (nSPS) is 23.0. The van der Waals surface area contributed by atoms with Crippen LogP contribution >= 0.6 is 0 Å². The molecule has 4 unspecified atom stereocenters. The van der Waals surface area contributed by atoms with Gasteiger partial charge in [0, 0.05) is 0 Å². The number of rotatable bonds is 4. The minimum Gasteiger partial charge on any atom is -0.0854 e. The van der Waals surface area contributed by atoms with Gasteiger partial charge in [-0.2, -0.15) is 0 Å². The third-order valence-corrected chi connectivity index (χ3v) is 5.71. The van der Waals surface area contributed by atoms with Crippen molar-refractivity contribution in [2.24, 2.45) is 11.8 Å². The molecule has 0 aromatic heterocycles. The Morgan fingerprint density at radius 3 is 1.79 bits per heavy atom. The predicted molar refractivity (Wildman–Crippen MR) is 105 cm³/mol.